The number of nitrogens with zero attached hydrogens (tertiary/aromatic N) is 2. The summed E-state index contributed by atoms with van der Waals surface area (Å²) in [6, 6.07) is 6.21. The highest BCUT2D eigenvalue weighted by Crippen LogP contribution is 2.25. The van der Waals surface area contributed by atoms with E-state index >= 15 is 0 Å². The van der Waals surface area contributed by atoms with Gasteiger partial charge in [-0.2, -0.15) is 0 Å². The molecule has 1 saturated heterocycles. The summed E-state index contributed by atoms with van der Waals surface area (Å²) >= 11 is 0. The number of carbonyl (C=O) groups excluding carboxylic acids is 2. The van der Waals surface area contributed by atoms with E-state index in [0.717, 1.165) is 5.56 Å². The Labute approximate surface area is 143 Å². The van der Waals surface area contributed by atoms with Gasteiger partial charge in [0.1, 0.15) is 5.82 Å². The molecule has 5 heteroatoms. The van der Waals surface area contributed by atoms with E-state index in [1.165, 1.54) is 12.1 Å². The van der Waals surface area contributed by atoms with Crippen molar-refractivity contribution in [1.82, 2.24) is 9.80 Å². The number of carbonyl (C=O) groups is 2. The molecule has 1 aromatic carbocycles. The summed E-state index contributed by atoms with van der Waals surface area (Å²) in [4.78, 5) is 28.4. The second kappa shape index (κ2) is 7.32. The lowest BCUT2D eigenvalue weighted by Gasteiger charge is -2.36. The second-order valence-electron chi connectivity index (χ2n) is 7.64. The molecule has 1 aliphatic rings. The maximum atomic E-state index is 12.9. The first kappa shape index (κ1) is 18.4. The van der Waals surface area contributed by atoms with Gasteiger partial charge < -0.3 is 9.80 Å². The molecular formula is C19H27FN2O2. The van der Waals surface area contributed by atoms with Crippen LogP contribution >= 0.6 is 0 Å². The van der Waals surface area contributed by atoms with Crippen LogP contribution in [-0.4, -0.2) is 41.8 Å². The van der Waals surface area contributed by atoms with Crippen LogP contribution in [0.15, 0.2) is 24.3 Å². The average molecular weight is 334 g/mol. The van der Waals surface area contributed by atoms with Crippen LogP contribution in [-0.2, 0) is 16.1 Å². The lowest BCUT2D eigenvalue weighted by Crippen LogP contribution is -2.46. The normalized spacial score (nSPS) is 16.1. The largest absolute Gasteiger partial charge is 0.342 e. The number of hydrogen-bond acceptors (Lipinski definition) is 2. The number of hydrogen-bond donors (Lipinski definition) is 0. The van der Waals surface area contributed by atoms with Gasteiger partial charge in [-0.3, -0.25) is 9.59 Å². The van der Waals surface area contributed by atoms with Gasteiger partial charge in [0, 0.05) is 38.0 Å². The molecule has 1 fully saturated rings. The Bertz CT molecular complexity index is 584. The average Bonchev–Trinajstić information content (AvgIpc) is 2.55. The first-order valence-corrected chi connectivity index (χ1v) is 8.47. The van der Waals surface area contributed by atoms with Crippen LogP contribution < -0.4 is 0 Å². The first-order chi connectivity index (χ1) is 11.2. The molecule has 2 amide bonds. The molecule has 0 saturated carbocycles. The van der Waals surface area contributed by atoms with Crippen molar-refractivity contribution < 1.29 is 14.0 Å². The quantitative estimate of drug-likeness (QED) is 0.852. The van der Waals surface area contributed by atoms with E-state index in [2.05, 4.69) is 0 Å². The van der Waals surface area contributed by atoms with E-state index in [1.54, 1.807) is 24.1 Å². The molecular weight excluding hydrogens is 307 g/mol. The van der Waals surface area contributed by atoms with Crippen molar-refractivity contribution in [2.45, 2.75) is 40.2 Å². The molecule has 24 heavy (non-hydrogen) atoms. The van der Waals surface area contributed by atoms with Crippen LogP contribution in [0.25, 0.3) is 0 Å². The zero-order chi connectivity index (χ0) is 17.9. The van der Waals surface area contributed by atoms with Gasteiger partial charge in [0.2, 0.25) is 11.8 Å². The fraction of sp³-hybridized carbons (Fsp3) is 0.579. The Morgan fingerprint density at radius 1 is 1.17 bits per heavy atom. The van der Waals surface area contributed by atoms with Crippen molar-refractivity contribution in [3.05, 3.63) is 35.6 Å². The van der Waals surface area contributed by atoms with Gasteiger partial charge in [-0.05, 0) is 30.5 Å². The molecule has 0 aromatic heterocycles. The van der Waals surface area contributed by atoms with Crippen LogP contribution in [0.4, 0.5) is 4.39 Å². The lowest BCUT2D eigenvalue weighted by atomic mass is 9.90. The minimum atomic E-state index is -0.379. The van der Waals surface area contributed by atoms with E-state index in [4.69, 9.17) is 0 Å². The third-order valence-corrected chi connectivity index (χ3v) is 4.48. The third kappa shape index (κ3) is 4.56. The van der Waals surface area contributed by atoms with Crippen LogP contribution in [0.1, 0.15) is 39.2 Å². The number of rotatable bonds is 3. The van der Waals surface area contributed by atoms with Gasteiger partial charge in [-0.1, -0.05) is 32.9 Å². The van der Waals surface area contributed by atoms with Crippen molar-refractivity contribution in [2.75, 3.05) is 20.1 Å². The second-order valence-corrected chi connectivity index (χ2v) is 7.64. The monoisotopic (exact) mass is 334 g/mol. The Hall–Kier alpha value is -1.91. The molecule has 0 radical (unpaired) electrons. The molecule has 132 valence electrons. The molecule has 0 unspecified atom stereocenters. The number of amides is 2. The summed E-state index contributed by atoms with van der Waals surface area (Å²) in [5, 5.41) is 0. The molecule has 0 N–H and O–H groups in total. The number of halogens is 1. The minimum absolute atomic E-state index is 0.0422. The van der Waals surface area contributed by atoms with Gasteiger partial charge in [0.25, 0.3) is 0 Å². The van der Waals surface area contributed by atoms with Gasteiger partial charge in [-0.25, -0.2) is 4.39 Å². The summed E-state index contributed by atoms with van der Waals surface area (Å²) in [7, 11) is 1.78. The Morgan fingerprint density at radius 3 is 2.21 bits per heavy atom. The maximum Gasteiger partial charge on any atom is 0.227 e. The Balaban J connectivity index is 1.88. The fourth-order valence-electron chi connectivity index (χ4n) is 3.06. The standard InChI is InChI=1S/C19H27FN2O2/c1-19(2,3)18(24)22-11-9-15(10-12-22)17(23)21(4)13-14-5-7-16(20)8-6-14/h5-8,15H,9-13H2,1-4H3. The van der Waals surface area contributed by atoms with Crippen LogP contribution in [0, 0.1) is 17.2 Å². The number of benzene rings is 1. The van der Waals surface area contributed by atoms with Crippen molar-refractivity contribution in [3.8, 4) is 0 Å². The van der Waals surface area contributed by atoms with E-state index in [1.807, 2.05) is 25.7 Å². The van der Waals surface area contributed by atoms with Crippen LogP contribution in [0.2, 0.25) is 0 Å². The SMILES string of the molecule is CN(Cc1ccc(F)cc1)C(=O)C1CCN(C(=O)C(C)(C)C)CC1. The number of likely N-dealkylation sites (tertiary alicyclic amines) is 1. The maximum absolute atomic E-state index is 12.9. The molecule has 1 aromatic rings. The molecule has 2 rings (SSSR count). The van der Waals surface area contributed by atoms with E-state index in [0.29, 0.717) is 32.5 Å². The molecule has 1 aliphatic heterocycles. The van der Waals surface area contributed by atoms with Crippen LogP contribution in [0.3, 0.4) is 0 Å². The highest BCUT2D eigenvalue weighted by atomic mass is 19.1. The predicted molar refractivity (Wildman–Crippen MR) is 91.6 cm³/mol. The minimum Gasteiger partial charge on any atom is -0.342 e. The topological polar surface area (TPSA) is 40.6 Å². The predicted octanol–water partition coefficient (Wildman–Crippen LogP) is 3.07. The number of piperidine rings is 1. The van der Waals surface area contributed by atoms with Gasteiger partial charge in [0.15, 0.2) is 0 Å². The molecule has 0 atom stereocenters. The zero-order valence-corrected chi connectivity index (χ0v) is 15.0. The van der Waals surface area contributed by atoms with E-state index in [-0.39, 0.29) is 29.0 Å². The summed E-state index contributed by atoms with van der Waals surface area (Å²) in [5.41, 5.74) is 0.531. The van der Waals surface area contributed by atoms with E-state index < -0.39 is 0 Å². The van der Waals surface area contributed by atoms with Gasteiger partial charge in [0.05, 0.1) is 0 Å². The van der Waals surface area contributed by atoms with Crippen molar-refractivity contribution >= 4 is 11.8 Å². The molecule has 1 heterocycles. The fourth-order valence-corrected chi connectivity index (χ4v) is 3.06. The van der Waals surface area contributed by atoms with Crippen molar-refractivity contribution in [1.29, 1.82) is 0 Å². The van der Waals surface area contributed by atoms with E-state index in [9.17, 15) is 14.0 Å². The summed E-state index contributed by atoms with van der Waals surface area (Å²) < 4.78 is 12.9. The molecule has 4 nitrogen and oxygen atoms in total. The highest BCUT2D eigenvalue weighted by Gasteiger charge is 2.33. The zero-order valence-electron chi connectivity index (χ0n) is 15.0. The van der Waals surface area contributed by atoms with Gasteiger partial charge in [-0.15, -0.1) is 0 Å². The van der Waals surface area contributed by atoms with Crippen molar-refractivity contribution in [3.63, 3.8) is 0 Å². The summed E-state index contributed by atoms with van der Waals surface area (Å²) in [6.07, 6.45) is 1.41. The van der Waals surface area contributed by atoms with Gasteiger partial charge >= 0.3 is 0 Å². The lowest BCUT2D eigenvalue weighted by molar-refractivity contribution is -0.144. The molecule has 0 spiro atoms. The van der Waals surface area contributed by atoms with Crippen LogP contribution in [0.5, 0.6) is 0 Å². The summed E-state index contributed by atoms with van der Waals surface area (Å²) in [6.45, 7) is 7.50. The third-order valence-electron chi connectivity index (χ3n) is 4.48. The molecule has 0 bridgehead atoms. The Morgan fingerprint density at radius 2 is 1.71 bits per heavy atom. The smallest absolute Gasteiger partial charge is 0.227 e. The Kier molecular flexibility index (Phi) is 5.62. The van der Waals surface area contributed by atoms with Crippen molar-refractivity contribution in [2.24, 2.45) is 11.3 Å². The first-order valence-electron chi connectivity index (χ1n) is 8.47. The highest BCUT2D eigenvalue weighted by molar-refractivity contribution is 5.82. The molecule has 0 aliphatic carbocycles. The summed E-state index contributed by atoms with van der Waals surface area (Å²) in [5.74, 6) is -0.0710.